The third-order valence-electron chi connectivity index (χ3n) is 7.90. The number of hydrogen-bond acceptors (Lipinski definition) is 1. The highest BCUT2D eigenvalue weighted by Crippen LogP contribution is 2.44. The van der Waals surface area contributed by atoms with Crippen LogP contribution in [0.25, 0.3) is 22.3 Å². The molecular weight excluding hydrogens is 398 g/mol. The zero-order valence-corrected chi connectivity index (χ0v) is 19.8. The Morgan fingerprint density at radius 2 is 1.48 bits per heavy atom. The number of hydrogen-bond donors (Lipinski definition) is 0. The molecule has 0 saturated heterocycles. The van der Waals surface area contributed by atoms with E-state index in [9.17, 15) is 0 Å². The number of anilines is 1. The Morgan fingerprint density at radius 1 is 0.758 bits per heavy atom. The van der Waals surface area contributed by atoms with Crippen LogP contribution in [0.5, 0.6) is 0 Å². The maximum absolute atomic E-state index is 2.60. The zero-order chi connectivity index (χ0) is 22.5. The molecule has 4 aromatic carbocycles. The molecule has 6 rings (SSSR count). The Kier molecular flexibility index (Phi) is 4.87. The fourth-order valence-corrected chi connectivity index (χ4v) is 5.95. The molecule has 2 atom stereocenters. The second-order valence-electron chi connectivity index (χ2n) is 9.78. The molecule has 4 aromatic rings. The minimum atomic E-state index is 0.504. The van der Waals surface area contributed by atoms with E-state index in [0.717, 1.165) is 19.4 Å². The van der Waals surface area contributed by atoms with Crippen molar-refractivity contribution in [2.75, 3.05) is 4.90 Å². The van der Waals surface area contributed by atoms with Crippen molar-refractivity contribution >= 4 is 5.69 Å². The first-order valence-electron chi connectivity index (χ1n) is 12.3. The van der Waals surface area contributed by atoms with Crippen molar-refractivity contribution < 1.29 is 0 Å². The van der Waals surface area contributed by atoms with Gasteiger partial charge in [-0.25, -0.2) is 0 Å². The summed E-state index contributed by atoms with van der Waals surface area (Å²) >= 11 is 0. The van der Waals surface area contributed by atoms with Gasteiger partial charge in [-0.2, -0.15) is 0 Å². The minimum absolute atomic E-state index is 0.504. The van der Waals surface area contributed by atoms with Crippen LogP contribution in [0.3, 0.4) is 0 Å². The average Bonchev–Trinajstić information content (AvgIpc) is 3.35. The van der Waals surface area contributed by atoms with Crippen molar-refractivity contribution in [3.63, 3.8) is 0 Å². The normalized spacial score (nSPS) is 18.2. The molecule has 0 radical (unpaired) electrons. The SMILES string of the molecule is CCc1cc(CN2c3ccccc3C(C)[C@@H]2C)cc(-c2cccc3c2-c2ccccc2C3)c1. The van der Waals surface area contributed by atoms with Crippen LogP contribution in [0.2, 0.25) is 0 Å². The molecule has 0 spiro atoms. The minimum Gasteiger partial charge on any atom is -0.364 e. The Morgan fingerprint density at radius 3 is 2.36 bits per heavy atom. The van der Waals surface area contributed by atoms with Gasteiger partial charge >= 0.3 is 0 Å². The molecule has 164 valence electrons. The fourth-order valence-electron chi connectivity index (χ4n) is 5.95. The Labute approximate surface area is 197 Å². The van der Waals surface area contributed by atoms with E-state index in [1.165, 1.54) is 55.8 Å². The predicted octanol–water partition coefficient (Wildman–Crippen LogP) is 8.00. The van der Waals surface area contributed by atoms with E-state index in [-0.39, 0.29) is 0 Å². The molecule has 2 aliphatic rings. The summed E-state index contributed by atoms with van der Waals surface area (Å²) in [6, 6.07) is 32.5. The van der Waals surface area contributed by atoms with Crippen LogP contribution in [0.4, 0.5) is 5.69 Å². The van der Waals surface area contributed by atoms with Crippen LogP contribution in [-0.2, 0) is 19.4 Å². The largest absolute Gasteiger partial charge is 0.364 e. The van der Waals surface area contributed by atoms with E-state index in [1.54, 1.807) is 0 Å². The number of fused-ring (bicyclic) bond motifs is 4. The molecule has 0 N–H and O–H groups in total. The highest BCUT2D eigenvalue weighted by atomic mass is 15.2. The quantitative estimate of drug-likeness (QED) is 0.280. The van der Waals surface area contributed by atoms with E-state index in [4.69, 9.17) is 0 Å². The standard InChI is InChI=1S/C32H31N/c1-4-23-16-24(20-33-22(3)21(2)28-12-7-8-15-31(28)33)18-27(17-23)30-14-9-11-26-19-25-10-5-6-13-29(25)32(26)30/h5-18,21-22H,4,19-20H2,1-3H3/t21?,22-/m0/s1. The van der Waals surface area contributed by atoms with Gasteiger partial charge in [-0.05, 0) is 82.0 Å². The lowest BCUT2D eigenvalue weighted by Crippen LogP contribution is -2.30. The third-order valence-corrected chi connectivity index (χ3v) is 7.90. The van der Waals surface area contributed by atoms with Crippen LogP contribution in [0, 0.1) is 0 Å². The van der Waals surface area contributed by atoms with Crippen molar-refractivity contribution in [2.45, 2.75) is 52.1 Å². The molecule has 0 aromatic heterocycles. The van der Waals surface area contributed by atoms with Gasteiger partial charge in [0.05, 0.1) is 0 Å². The van der Waals surface area contributed by atoms with Gasteiger partial charge in [0.1, 0.15) is 0 Å². The summed E-state index contributed by atoms with van der Waals surface area (Å²) in [5.74, 6) is 0.559. The summed E-state index contributed by atoms with van der Waals surface area (Å²) < 4.78 is 0. The van der Waals surface area contributed by atoms with Gasteiger partial charge in [-0.3, -0.25) is 0 Å². The molecule has 33 heavy (non-hydrogen) atoms. The molecule has 1 aliphatic heterocycles. The smallest absolute Gasteiger partial charge is 0.0433 e. The van der Waals surface area contributed by atoms with Crippen LogP contribution in [0.1, 0.15) is 54.5 Å². The highest BCUT2D eigenvalue weighted by molar-refractivity contribution is 5.90. The lowest BCUT2D eigenvalue weighted by molar-refractivity contribution is 0.591. The molecule has 0 bridgehead atoms. The van der Waals surface area contributed by atoms with E-state index in [0.29, 0.717) is 12.0 Å². The average molecular weight is 430 g/mol. The van der Waals surface area contributed by atoms with Gasteiger partial charge in [0.2, 0.25) is 0 Å². The van der Waals surface area contributed by atoms with E-state index < -0.39 is 0 Å². The van der Waals surface area contributed by atoms with Gasteiger partial charge in [-0.1, -0.05) is 86.6 Å². The first kappa shape index (κ1) is 20.3. The van der Waals surface area contributed by atoms with Crippen LogP contribution >= 0.6 is 0 Å². The summed E-state index contributed by atoms with van der Waals surface area (Å²) in [5.41, 5.74) is 14.2. The third kappa shape index (κ3) is 3.30. The van der Waals surface area contributed by atoms with Crippen molar-refractivity contribution in [1.29, 1.82) is 0 Å². The van der Waals surface area contributed by atoms with Gasteiger partial charge in [-0.15, -0.1) is 0 Å². The van der Waals surface area contributed by atoms with Crippen molar-refractivity contribution in [3.8, 4) is 22.3 Å². The van der Waals surface area contributed by atoms with E-state index >= 15 is 0 Å². The van der Waals surface area contributed by atoms with Crippen molar-refractivity contribution in [2.24, 2.45) is 0 Å². The van der Waals surface area contributed by atoms with Gasteiger partial charge in [0, 0.05) is 24.2 Å². The lowest BCUT2D eigenvalue weighted by atomic mass is 9.91. The molecule has 1 nitrogen and oxygen atoms in total. The summed E-state index contributed by atoms with van der Waals surface area (Å²) in [4.78, 5) is 2.60. The molecule has 1 heterocycles. The summed E-state index contributed by atoms with van der Waals surface area (Å²) in [5, 5.41) is 0. The van der Waals surface area contributed by atoms with Gasteiger partial charge < -0.3 is 4.90 Å². The molecule has 1 heteroatoms. The number of nitrogens with zero attached hydrogens (tertiary/aromatic N) is 1. The molecular formula is C32H31N. The zero-order valence-electron chi connectivity index (χ0n) is 19.8. The number of benzene rings is 4. The van der Waals surface area contributed by atoms with Crippen LogP contribution < -0.4 is 4.90 Å². The highest BCUT2D eigenvalue weighted by Gasteiger charge is 2.32. The Hall–Kier alpha value is -3.32. The lowest BCUT2D eigenvalue weighted by Gasteiger charge is -2.27. The number of rotatable bonds is 4. The van der Waals surface area contributed by atoms with E-state index in [2.05, 4.69) is 111 Å². The summed E-state index contributed by atoms with van der Waals surface area (Å²) in [7, 11) is 0. The number of aryl methyl sites for hydroxylation is 1. The molecule has 1 aliphatic carbocycles. The second kappa shape index (κ2) is 7.92. The van der Waals surface area contributed by atoms with Crippen molar-refractivity contribution in [1.82, 2.24) is 0 Å². The molecule has 0 amide bonds. The molecule has 1 unspecified atom stereocenters. The van der Waals surface area contributed by atoms with Gasteiger partial charge in [0.25, 0.3) is 0 Å². The maximum atomic E-state index is 2.60. The topological polar surface area (TPSA) is 3.24 Å². The summed E-state index contributed by atoms with van der Waals surface area (Å²) in [6.45, 7) is 7.96. The second-order valence-corrected chi connectivity index (χ2v) is 9.78. The summed E-state index contributed by atoms with van der Waals surface area (Å²) in [6.07, 6.45) is 2.09. The number of para-hydroxylation sites is 1. The first-order valence-corrected chi connectivity index (χ1v) is 12.3. The Bertz CT molecular complexity index is 1350. The predicted molar refractivity (Wildman–Crippen MR) is 140 cm³/mol. The maximum Gasteiger partial charge on any atom is 0.0433 e. The first-order chi connectivity index (χ1) is 16.1. The fraction of sp³-hybridized carbons (Fsp3) is 0.250. The van der Waals surface area contributed by atoms with Gasteiger partial charge in [0.15, 0.2) is 0 Å². The van der Waals surface area contributed by atoms with E-state index in [1.807, 2.05) is 0 Å². The monoisotopic (exact) mass is 429 g/mol. The van der Waals surface area contributed by atoms with Crippen LogP contribution in [-0.4, -0.2) is 6.04 Å². The van der Waals surface area contributed by atoms with Crippen molar-refractivity contribution in [3.05, 3.63) is 113 Å². The van der Waals surface area contributed by atoms with Crippen LogP contribution in [0.15, 0.2) is 84.9 Å². The Balaban J connectivity index is 1.44. The molecule has 0 fully saturated rings. The molecule has 0 saturated carbocycles.